The summed E-state index contributed by atoms with van der Waals surface area (Å²) in [6, 6.07) is 17.1. The van der Waals surface area contributed by atoms with E-state index in [1.807, 2.05) is 30.3 Å². The summed E-state index contributed by atoms with van der Waals surface area (Å²) in [5.74, 6) is -5.36. The summed E-state index contributed by atoms with van der Waals surface area (Å²) in [5, 5.41) is 25.4. The van der Waals surface area contributed by atoms with Gasteiger partial charge in [-0.1, -0.05) is 62.4 Å². The van der Waals surface area contributed by atoms with Gasteiger partial charge in [-0.2, -0.15) is 0 Å². The molecular weight excluding hydrogens is 688 g/mol. The Hall–Kier alpha value is -4.43. The third-order valence-electron chi connectivity index (χ3n) is 12.3. The minimum absolute atomic E-state index is 0.127. The van der Waals surface area contributed by atoms with Crippen LogP contribution in [0.15, 0.2) is 71.8 Å². The SMILES string of the molecule is CC(=O)O[C@H]1C(=O)[C@@]2(C)C(C(OC(=O)c3ccccc3)[C@]3(O)CC(OC(=O)[C@@H]4O[C@@H]4c4ccccc4)C(C)=C1C3(C)C)[C@]1(OC(C)=O)CO[C@@H]1C[C@@H]2O. The zero-order valence-corrected chi connectivity index (χ0v) is 30.4. The molecule has 3 unspecified atom stereocenters. The molecule has 4 fully saturated rings. The number of fused-ring (bicyclic) bond motifs is 5. The number of hydrogen-bond acceptors (Lipinski definition) is 13. The van der Waals surface area contributed by atoms with E-state index in [2.05, 4.69) is 0 Å². The maximum Gasteiger partial charge on any atom is 0.339 e. The van der Waals surface area contributed by atoms with Crippen LogP contribution in [-0.2, 0) is 47.6 Å². The second-order valence-electron chi connectivity index (χ2n) is 15.6. The number of aliphatic hydroxyl groups is 2. The van der Waals surface area contributed by atoms with E-state index in [4.69, 9.17) is 28.4 Å². The Labute approximate surface area is 306 Å². The molecule has 282 valence electrons. The van der Waals surface area contributed by atoms with Gasteiger partial charge < -0.3 is 38.6 Å². The molecule has 2 saturated carbocycles. The summed E-state index contributed by atoms with van der Waals surface area (Å²) in [6.45, 7) is 8.40. The number of ether oxygens (including phenoxy) is 6. The van der Waals surface area contributed by atoms with Crippen molar-refractivity contribution in [2.45, 2.75) is 108 Å². The molecule has 2 aromatic carbocycles. The van der Waals surface area contributed by atoms with Crippen LogP contribution in [0.25, 0.3) is 0 Å². The third-order valence-corrected chi connectivity index (χ3v) is 12.3. The van der Waals surface area contributed by atoms with Gasteiger partial charge in [0.25, 0.3) is 0 Å². The molecule has 2 saturated heterocycles. The zero-order valence-electron chi connectivity index (χ0n) is 30.4. The molecule has 2 N–H and O–H groups in total. The Morgan fingerprint density at radius 3 is 2.11 bits per heavy atom. The van der Waals surface area contributed by atoms with E-state index >= 15 is 4.79 Å². The average molecular weight is 733 g/mol. The van der Waals surface area contributed by atoms with Crippen molar-refractivity contribution in [3.8, 4) is 0 Å². The van der Waals surface area contributed by atoms with Crippen molar-refractivity contribution in [2.75, 3.05) is 6.61 Å². The van der Waals surface area contributed by atoms with Crippen molar-refractivity contribution in [1.29, 1.82) is 0 Å². The fraction of sp³-hybridized carbons (Fsp3) is 0.525. The standard InChI is InChI=1S/C40H44O13/c1-20-25(50-36(46)31-29(51-31)23-13-9-7-10-14-23)18-40(47)34(52-35(45)24-15-11-8-12-16-24)32-38(6,26(43)17-27-39(32,19-48-27)53-22(3)42)33(44)30(49-21(2)41)28(20)37(40,4)5/h7-16,25-27,29-32,34,43,47H,17-19H2,1-6H3/t25?,26-,27+,29+,30+,31+,32?,34?,38+,39-,40+/m0/s1. The lowest BCUT2D eigenvalue weighted by atomic mass is 9.44. The van der Waals surface area contributed by atoms with Crippen LogP contribution >= 0.6 is 0 Å². The van der Waals surface area contributed by atoms with Crippen molar-refractivity contribution < 1.29 is 62.6 Å². The zero-order chi connectivity index (χ0) is 38.2. The van der Waals surface area contributed by atoms with Crippen molar-refractivity contribution in [3.05, 3.63) is 82.9 Å². The lowest BCUT2D eigenvalue weighted by Gasteiger charge is -2.67. The largest absolute Gasteiger partial charge is 0.456 e. The van der Waals surface area contributed by atoms with Crippen molar-refractivity contribution in [2.24, 2.45) is 16.7 Å². The first-order chi connectivity index (χ1) is 25.0. The molecule has 0 radical (unpaired) electrons. The van der Waals surface area contributed by atoms with Crippen molar-refractivity contribution in [3.63, 3.8) is 0 Å². The molecule has 2 aliphatic heterocycles. The normalized spacial score (nSPS) is 38.1. The van der Waals surface area contributed by atoms with Crippen LogP contribution in [0, 0.1) is 16.7 Å². The maximum absolute atomic E-state index is 15.3. The van der Waals surface area contributed by atoms with E-state index in [-0.39, 0.29) is 30.6 Å². The number of aliphatic hydroxyl groups excluding tert-OH is 1. The Kier molecular flexibility index (Phi) is 8.96. The summed E-state index contributed by atoms with van der Waals surface area (Å²) in [6.07, 6.45) is -9.06. The number of benzene rings is 2. The van der Waals surface area contributed by atoms with E-state index in [1.54, 1.807) is 39.0 Å². The van der Waals surface area contributed by atoms with Gasteiger partial charge in [-0.3, -0.25) is 14.4 Å². The smallest absolute Gasteiger partial charge is 0.339 e. The van der Waals surface area contributed by atoms with Gasteiger partial charge in [0.15, 0.2) is 23.6 Å². The van der Waals surface area contributed by atoms with E-state index < -0.39 is 100 Å². The molecule has 7 rings (SSSR count). The number of ketones is 1. The molecule has 2 heterocycles. The Bertz CT molecular complexity index is 1870. The maximum atomic E-state index is 15.3. The molecule has 0 amide bonds. The van der Waals surface area contributed by atoms with Gasteiger partial charge in [0.1, 0.15) is 30.0 Å². The van der Waals surface area contributed by atoms with Crippen LogP contribution in [0.5, 0.6) is 0 Å². The minimum Gasteiger partial charge on any atom is -0.456 e. The fourth-order valence-electron chi connectivity index (χ4n) is 9.41. The number of hydrogen-bond donors (Lipinski definition) is 2. The predicted octanol–water partition coefficient (Wildman–Crippen LogP) is 3.34. The molecule has 3 aliphatic carbocycles. The second kappa shape index (κ2) is 12.9. The molecule has 13 nitrogen and oxygen atoms in total. The Morgan fingerprint density at radius 1 is 0.887 bits per heavy atom. The highest BCUT2D eigenvalue weighted by atomic mass is 16.6. The van der Waals surface area contributed by atoms with Gasteiger partial charge in [0, 0.05) is 32.1 Å². The molecular formula is C40H44O13. The highest BCUT2D eigenvalue weighted by molar-refractivity contribution is 5.95. The van der Waals surface area contributed by atoms with Crippen molar-refractivity contribution in [1.82, 2.24) is 0 Å². The molecule has 2 aromatic rings. The van der Waals surface area contributed by atoms with Crippen LogP contribution in [0.1, 0.15) is 76.4 Å². The first-order valence-electron chi connectivity index (χ1n) is 17.8. The second-order valence-corrected chi connectivity index (χ2v) is 15.6. The van der Waals surface area contributed by atoms with Crippen LogP contribution in [0.3, 0.4) is 0 Å². The average Bonchev–Trinajstić information content (AvgIpc) is 3.91. The van der Waals surface area contributed by atoms with Crippen LogP contribution < -0.4 is 0 Å². The number of esters is 4. The predicted molar refractivity (Wildman–Crippen MR) is 183 cm³/mol. The highest BCUT2D eigenvalue weighted by Gasteiger charge is 2.78. The number of carbonyl (C=O) groups excluding carboxylic acids is 5. The highest BCUT2D eigenvalue weighted by Crippen LogP contribution is 2.64. The van der Waals surface area contributed by atoms with Gasteiger partial charge in [-0.15, -0.1) is 0 Å². The van der Waals surface area contributed by atoms with Crippen LogP contribution in [0.4, 0.5) is 0 Å². The first kappa shape index (κ1) is 36.9. The third kappa shape index (κ3) is 5.62. The van der Waals surface area contributed by atoms with Crippen molar-refractivity contribution >= 4 is 29.7 Å². The summed E-state index contributed by atoms with van der Waals surface area (Å²) in [7, 11) is 0. The molecule has 13 heteroatoms. The molecule has 0 aromatic heterocycles. The quantitative estimate of drug-likeness (QED) is 0.183. The molecule has 0 spiro atoms. The van der Waals surface area contributed by atoms with Crippen LogP contribution in [0.2, 0.25) is 0 Å². The summed E-state index contributed by atoms with van der Waals surface area (Å²) in [4.78, 5) is 68.8. The van der Waals surface area contributed by atoms with Gasteiger partial charge in [0.2, 0.25) is 0 Å². The molecule has 5 aliphatic rings. The van der Waals surface area contributed by atoms with E-state index in [0.717, 1.165) is 12.5 Å². The molecule has 53 heavy (non-hydrogen) atoms. The molecule has 2 bridgehead atoms. The lowest BCUT2D eigenvalue weighted by molar-refractivity contribution is -0.346. The first-order valence-corrected chi connectivity index (χ1v) is 17.8. The van der Waals surface area contributed by atoms with E-state index in [0.29, 0.717) is 5.57 Å². The summed E-state index contributed by atoms with van der Waals surface area (Å²) < 4.78 is 35.9. The fourth-order valence-corrected chi connectivity index (χ4v) is 9.41. The number of carbonyl (C=O) groups is 5. The van der Waals surface area contributed by atoms with E-state index in [1.165, 1.54) is 26.0 Å². The number of epoxide rings is 1. The lowest BCUT2D eigenvalue weighted by Crippen LogP contribution is -2.82. The molecule has 11 atom stereocenters. The number of rotatable bonds is 7. The van der Waals surface area contributed by atoms with Gasteiger partial charge in [-0.05, 0) is 42.7 Å². The van der Waals surface area contributed by atoms with Gasteiger partial charge in [-0.25, -0.2) is 9.59 Å². The Balaban J connectivity index is 1.42. The van der Waals surface area contributed by atoms with Gasteiger partial charge in [0.05, 0.1) is 29.6 Å². The van der Waals surface area contributed by atoms with E-state index in [9.17, 15) is 29.4 Å². The minimum atomic E-state index is -2.23. The van der Waals surface area contributed by atoms with Crippen LogP contribution in [-0.4, -0.2) is 94.3 Å². The summed E-state index contributed by atoms with van der Waals surface area (Å²) >= 11 is 0. The van der Waals surface area contributed by atoms with Gasteiger partial charge >= 0.3 is 23.9 Å². The topological polar surface area (TPSA) is 184 Å². The Morgan fingerprint density at radius 2 is 1.53 bits per heavy atom. The monoisotopic (exact) mass is 732 g/mol. The summed E-state index contributed by atoms with van der Waals surface area (Å²) in [5.41, 5.74) is -6.03. The number of Topliss-reactive ketones (excluding diaryl/α,β-unsaturated/α-hetero) is 1.